The number of nitrogens with zero attached hydrogens (tertiary/aromatic N) is 3. The van der Waals surface area contributed by atoms with Crippen LogP contribution in [0.4, 0.5) is 24.7 Å². The minimum Gasteiger partial charge on any atom is -0.484 e. The Morgan fingerprint density at radius 3 is 2.38 bits per heavy atom. The van der Waals surface area contributed by atoms with E-state index in [-0.39, 0.29) is 23.3 Å². The van der Waals surface area contributed by atoms with E-state index < -0.39 is 27.7 Å². The molecule has 4 rings (SSSR count). The van der Waals surface area contributed by atoms with Crippen molar-refractivity contribution in [2.75, 3.05) is 10.5 Å². The summed E-state index contributed by atoms with van der Waals surface area (Å²) in [6.45, 7) is 7.49. The molecule has 12 heteroatoms. The van der Waals surface area contributed by atoms with Gasteiger partial charge >= 0.3 is 5.76 Å². The van der Waals surface area contributed by atoms with E-state index in [1.165, 1.54) is 42.5 Å². The number of sulfonamides is 1. The van der Waals surface area contributed by atoms with Crippen molar-refractivity contribution in [1.82, 2.24) is 14.8 Å². The van der Waals surface area contributed by atoms with Crippen molar-refractivity contribution in [3.8, 4) is 17.0 Å². The number of nitrogen functional groups attached to an aromatic ring is 1. The van der Waals surface area contributed by atoms with Gasteiger partial charge in [-0.25, -0.2) is 17.8 Å². The molecule has 2 aromatic carbocycles. The maximum absolute atomic E-state index is 13.4. The van der Waals surface area contributed by atoms with Crippen molar-refractivity contribution in [1.29, 1.82) is 0 Å². The second-order valence-corrected chi connectivity index (χ2v) is 10.5. The van der Waals surface area contributed by atoms with Crippen molar-refractivity contribution in [2.24, 2.45) is 0 Å². The van der Waals surface area contributed by atoms with Gasteiger partial charge < -0.3 is 10.5 Å². The first-order chi connectivity index (χ1) is 17.4. The quantitative estimate of drug-likeness (QED) is 0.296. The molecule has 0 aliphatic heterocycles. The van der Waals surface area contributed by atoms with Crippen LogP contribution in [-0.4, -0.2) is 28.9 Å². The Balaban J connectivity index is 1.87. The molecule has 37 heavy (non-hydrogen) atoms. The summed E-state index contributed by atoms with van der Waals surface area (Å²) in [7, 11) is -4.97. The van der Waals surface area contributed by atoms with Gasteiger partial charge in [-0.1, -0.05) is 18.2 Å². The molecule has 3 N–H and O–H groups in total. The smallest absolute Gasteiger partial charge is 0.355 e. The van der Waals surface area contributed by atoms with Crippen LogP contribution in [0.3, 0.4) is 0 Å². The number of hydrogen-bond donors (Lipinski definition) is 2. The number of halogens is 3. The molecule has 0 radical (unpaired) electrons. The zero-order chi connectivity index (χ0) is 27.1. The molecule has 2 aromatic heterocycles. The number of nitrogens with two attached hydrogens (primary N) is 1. The highest BCUT2D eigenvalue weighted by Crippen LogP contribution is 2.39. The van der Waals surface area contributed by atoms with Crippen LogP contribution >= 0.6 is 0 Å². The van der Waals surface area contributed by atoms with Gasteiger partial charge in [-0.2, -0.15) is 13.9 Å². The number of anilines is 2. The molecule has 0 saturated carbocycles. The Morgan fingerprint density at radius 1 is 1.08 bits per heavy atom. The summed E-state index contributed by atoms with van der Waals surface area (Å²) in [5.41, 5.74) is 9.26. The third-order valence-electron chi connectivity index (χ3n) is 5.81. The first-order valence-electron chi connectivity index (χ1n) is 11.4. The average molecular weight is 534 g/mol. The van der Waals surface area contributed by atoms with Gasteiger partial charge in [0.05, 0.1) is 16.6 Å². The molecule has 4 aromatic rings. The normalized spacial score (nSPS) is 12.9. The minimum absolute atomic E-state index is 0.0110. The van der Waals surface area contributed by atoms with Crippen LogP contribution in [0, 0.1) is 12.7 Å². The number of alkyl halides is 2. The first-order valence-corrected chi connectivity index (χ1v) is 12.9. The lowest BCUT2D eigenvalue weighted by Gasteiger charge is -2.19. The van der Waals surface area contributed by atoms with Crippen molar-refractivity contribution in [2.45, 2.75) is 45.6 Å². The van der Waals surface area contributed by atoms with Crippen LogP contribution in [0.15, 0.2) is 48.7 Å². The zero-order valence-corrected chi connectivity index (χ0v) is 21.4. The number of aromatic nitrogens is 3. The second-order valence-electron chi connectivity index (χ2n) is 8.87. The molecular weight excluding hydrogens is 507 g/mol. The van der Waals surface area contributed by atoms with Gasteiger partial charge in [0, 0.05) is 17.8 Å². The lowest BCUT2D eigenvalue weighted by atomic mass is 10.1. The summed E-state index contributed by atoms with van der Waals surface area (Å²) < 4.78 is 73.2. The van der Waals surface area contributed by atoms with Gasteiger partial charge in [-0.15, -0.1) is 0 Å². The van der Waals surface area contributed by atoms with Gasteiger partial charge in [-0.05, 0) is 63.1 Å². The predicted molar refractivity (Wildman–Crippen MR) is 136 cm³/mol. The van der Waals surface area contributed by atoms with Gasteiger partial charge in [0.1, 0.15) is 29.2 Å². The summed E-state index contributed by atoms with van der Waals surface area (Å²) in [4.78, 5) is 4.26. The van der Waals surface area contributed by atoms with E-state index >= 15 is 0 Å². The third-order valence-corrected chi connectivity index (χ3v) is 6.79. The molecule has 1 atom stereocenters. The summed E-state index contributed by atoms with van der Waals surface area (Å²) in [5, 5.41) is 5.35. The number of fused-ring (bicyclic) bond motifs is 1. The van der Waals surface area contributed by atoms with Crippen molar-refractivity contribution in [3.63, 3.8) is 0 Å². The minimum atomic E-state index is -4.97. The Bertz CT molecular complexity index is 1550. The third kappa shape index (κ3) is 5.19. The highest BCUT2D eigenvalue weighted by Gasteiger charge is 2.27. The molecule has 196 valence electrons. The number of aryl methyl sites for hydroxylation is 1. The molecule has 0 aliphatic carbocycles. The summed E-state index contributed by atoms with van der Waals surface area (Å²) in [5.74, 6) is -3.84. The Labute approximate surface area is 212 Å². The largest absolute Gasteiger partial charge is 0.484 e. The van der Waals surface area contributed by atoms with E-state index in [2.05, 4.69) is 4.98 Å². The topological polar surface area (TPSA) is 112 Å². The van der Waals surface area contributed by atoms with E-state index in [1.807, 2.05) is 30.2 Å². The summed E-state index contributed by atoms with van der Waals surface area (Å²) in [6, 6.07) is 9.89. The van der Waals surface area contributed by atoms with E-state index in [9.17, 15) is 21.6 Å². The van der Waals surface area contributed by atoms with Crippen molar-refractivity contribution < 1.29 is 26.3 Å². The summed E-state index contributed by atoms with van der Waals surface area (Å²) >= 11 is 0. The molecule has 0 amide bonds. The maximum atomic E-state index is 13.4. The molecule has 8 nitrogen and oxygen atoms in total. The molecule has 0 spiro atoms. The fraction of sp³-hybridized carbons (Fsp3) is 0.280. The number of nitrogens with one attached hydrogen (secondary N) is 1. The summed E-state index contributed by atoms with van der Waals surface area (Å²) in [6.07, 6.45) is 0.980. The van der Waals surface area contributed by atoms with Crippen molar-refractivity contribution >= 4 is 32.4 Å². The van der Waals surface area contributed by atoms with Crippen molar-refractivity contribution in [3.05, 3.63) is 65.6 Å². The predicted octanol–water partition coefficient (Wildman–Crippen LogP) is 5.81. The van der Waals surface area contributed by atoms with E-state index in [0.29, 0.717) is 22.2 Å². The Kier molecular flexibility index (Phi) is 7.05. The fourth-order valence-electron chi connectivity index (χ4n) is 3.96. The lowest BCUT2D eigenvalue weighted by molar-refractivity contribution is 0.228. The average Bonchev–Trinajstić information content (AvgIpc) is 3.25. The lowest BCUT2D eigenvalue weighted by Crippen LogP contribution is -2.21. The second kappa shape index (κ2) is 9.92. The van der Waals surface area contributed by atoms with E-state index in [4.69, 9.17) is 15.6 Å². The van der Waals surface area contributed by atoms with Crippen LogP contribution in [0.2, 0.25) is 0 Å². The molecule has 0 bridgehead atoms. The standard InChI is InChI=1S/C25H26F3N5O3S/c1-13(2)33-23-14(3)12-30-24(29)21(23)22(31-33)17-7-10-19(32-37(34,35)25(27)28)20(11-17)36-15(4)16-5-8-18(26)9-6-16/h5-13,15,25,32H,1-4H3,(H2,29,30)/t15-/m0/s1. The number of rotatable bonds is 8. The highest BCUT2D eigenvalue weighted by molar-refractivity contribution is 7.93. The SMILES string of the molecule is Cc1cnc(N)c2c(-c3ccc(NS(=O)(=O)C(F)F)c(O[C@@H](C)c4ccc(F)cc4)c3)nn(C(C)C)c12. The Hall–Kier alpha value is -3.80. The van der Waals surface area contributed by atoms with Gasteiger partial charge in [-0.3, -0.25) is 9.40 Å². The van der Waals surface area contributed by atoms with E-state index in [1.54, 1.807) is 13.1 Å². The number of pyridine rings is 1. The fourth-order valence-corrected chi connectivity index (χ4v) is 4.53. The van der Waals surface area contributed by atoms with Gasteiger partial charge in [0.15, 0.2) is 0 Å². The molecular formula is C25H26F3N5O3S. The molecule has 0 saturated heterocycles. The van der Waals surface area contributed by atoms with Crippen LogP contribution in [0.5, 0.6) is 5.75 Å². The van der Waals surface area contributed by atoms with Crippen LogP contribution in [0.1, 0.15) is 44.0 Å². The first kappa shape index (κ1) is 26.3. The van der Waals surface area contributed by atoms with Gasteiger partial charge in [0.25, 0.3) is 10.0 Å². The zero-order valence-electron chi connectivity index (χ0n) is 20.5. The maximum Gasteiger partial charge on any atom is 0.355 e. The van der Waals surface area contributed by atoms with E-state index in [0.717, 1.165) is 11.1 Å². The Morgan fingerprint density at radius 2 is 1.76 bits per heavy atom. The van der Waals surface area contributed by atoms with Crippen LogP contribution in [0.25, 0.3) is 22.2 Å². The molecule has 0 unspecified atom stereocenters. The number of ether oxygens (including phenoxy) is 1. The number of benzene rings is 2. The van der Waals surface area contributed by atoms with Gasteiger partial charge in [0.2, 0.25) is 0 Å². The monoisotopic (exact) mass is 533 g/mol. The molecule has 2 heterocycles. The number of hydrogen-bond acceptors (Lipinski definition) is 6. The molecule has 0 fully saturated rings. The molecule has 0 aliphatic rings. The highest BCUT2D eigenvalue weighted by atomic mass is 32.2. The van der Waals surface area contributed by atoms with Crippen LogP contribution in [-0.2, 0) is 10.0 Å². The van der Waals surface area contributed by atoms with Crippen LogP contribution < -0.4 is 15.2 Å².